The first-order chi connectivity index (χ1) is 7.21. The first-order valence-corrected chi connectivity index (χ1v) is 8.38. The summed E-state index contributed by atoms with van der Waals surface area (Å²) in [7, 11) is -9.50. The van der Waals surface area contributed by atoms with E-state index >= 15 is 0 Å². The Labute approximate surface area is 93.6 Å². The van der Waals surface area contributed by atoms with Crippen LogP contribution < -0.4 is 5.32 Å². The van der Waals surface area contributed by atoms with Gasteiger partial charge in [0.15, 0.2) is 5.40 Å². The molecule has 1 fully saturated rings. The standard InChI is InChI=1S/C7H17NO6P2/c9-15(10,11)7(16(12,13)14)5-6-1-3-8-4-2-6/h6-8H,1-5H2,(H2,9,10,11)(H2,12,13,14). The second kappa shape index (κ2) is 5.27. The Morgan fingerprint density at radius 1 is 1.06 bits per heavy atom. The third-order valence-corrected chi connectivity index (χ3v) is 6.56. The number of rotatable bonds is 4. The molecule has 0 aromatic carbocycles. The molecule has 0 aliphatic carbocycles. The van der Waals surface area contributed by atoms with E-state index in [1.807, 2.05) is 0 Å². The van der Waals surface area contributed by atoms with Crippen molar-refractivity contribution in [3.05, 3.63) is 0 Å². The van der Waals surface area contributed by atoms with Crippen LogP contribution in [0.1, 0.15) is 19.3 Å². The molecule has 0 atom stereocenters. The quantitative estimate of drug-likeness (QED) is 0.458. The lowest BCUT2D eigenvalue weighted by atomic mass is 9.95. The van der Waals surface area contributed by atoms with Crippen molar-refractivity contribution in [1.82, 2.24) is 5.32 Å². The Balaban J connectivity index is 2.71. The molecule has 0 radical (unpaired) electrons. The summed E-state index contributed by atoms with van der Waals surface area (Å²) >= 11 is 0. The van der Waals surface area contributed by atoms with Gasteiger partial charge in [-0.05, 0) is 38.3 Å². The van der Waals surface area contributed by atoms with E-state index in [2.05, 4.69) is 5.32 Å². The second-order valence-corrected chi connectivity index (χ2v) is 8.10. The van der Waals surface area contributed by atoms with Crippen LogP contribution in [-0.4, -0.2) is 38.1 Å². The van der Waals surface area contributed by atoms with E-state index < -0.39 is 20.6 Å². The second-order valence-electron chi connectivity index (χ2n) is 4.09. The summed E-state index contributed by atoms with van der Waals surface area (Å²) in [6, 6.07) is 0. The lowest BCUT2D eigenvalue weighted by Gasteiger charge is -2.27. The number of piperidine rings is 1. The summed E-state index contributed by atoms with van der Waals surface area (Å²) in [5.74, 6) is -0.0356. The molecule has 7 nitrogen and oxygen atoms in total. The Bertz CT molecular complexity index is 295. The maximum atomic E-state index is 11.0. The van der Waals surface area contributed by atoms with Crippen molar-refractivity contribution in [3.63, 3.8) is 0 Å². The van der Waals surface area contributed by atoms with Crippen LogP contribution >= 0.6 is 15.2 Å². The fourth-order valence-electron chi connectivity index (χ4n) is 1.89. The molecule has 0 amide bonds. The van der Waals surface area contributed by atoms with Crippen molar-refractivity contribution in [2.75, 3.05) is 13.1 Å². The molecule has 1 rings (SSSR count). The smallest absolute Gasteiger partial charge is 0.324 e. The highest BCUT2D eigenvalue weighted by atomic mass is 31.2. The molecule has 0 aromatic rings. The lowest BCUT2D eigenvalue weighted by Crippen LogP contribution is -2.29. The molecule has 0 saturated carbocycles. The molecule has 96 valence electrons. The SMILES string of the molecule is O=P(O)(O)C(CC1CCNCC1)P(=O)(O)O. The van der Waals surface area contributed by atoms with E-state index in [-0.39, 0.29) is 12.3 Å². The Kier molecular flexibility index (Phi) is 4.72. The Morgan fingerprint density at radius 3 is 1.88 bits per heavy atom. The third kappa shape index (κ3) is 4.26. The summed E-state index contributed by atoms with van der Waals surface area (Å²) in [5.41, 5.74) is 0. The molecule has 1 saturated heterocycles. The van der Waals surface area contributed by atoms with Crippen molar-refractivity contribution in [2.24, 2.45) is 5.92 Å². The van der Waals surface area contributed by atoms with E-state index in [1.54, 1.807) is 0 Å². The van der Waals surface area contributed by atoms with Crippen molar-refractivity contribution in [2.45, 2.75) is 24.7 Å². The van der Waals surface area contributed by atoms with Gasteiger partial charge in [0.05, 0.1) is 0 Å². The van der Waals surface area contributed by atoms with E-state index in [4.69, 9.17) is 19.6 Å². The maximum absolute atomic E-state index is 11.0. The molecule has 9 heteroatoms. The van der Waals surface area contributed by atoms with Crippen LogP contribution in [-0.2, 0) is 9.13 Å². The van der Waals surface area contributed by atoms with Crippen LogP contribution in [0.5, 0.6) is 0 Å². The zero-order valence-electron chi connectivity index (χ0n) is 8.69. The summed E-state index contributed by atoms with van der Waals surface area (Å²) in [6.07, 6.45) is 1.27. The lowest BCUT2D eigenvalue weighted by molar-refractivity contribution is 0.304. The van der Waals surface area contributed by atoms with Crippen LogP contribution in [0.2, 0.25) is 0 Å². The fraction of sp³-hybridized carbons (Fsp3) is 1.00. The van der Waals surface area contributed by atoms with Gasteiger partial charge in [0.25, 0.3) is 0 Å². The van der Waals surface area contributed by atoms with E-state index in [0.717, 1.165) is 13.1 Å². The molecule has 5 N–H and O–H groups in total. The summed E-state index contributed by atoms with van der Waals surface area (Å²) in [5, 5.41) is 1.23. The molecule has 0 bridgehead atoms. The van der Waals surface area contributed by atoms with Gasteiger partial charge in [-0.3, -0.25) is 9.13 Å². The van der Waals surface area contributed by atoms with Crippen LogP contribution in [0.3, 0.4) is 0 Å². The molecule has 1 aliphatic rings. The average Bonchev–Trinajstić information content (AvgIpc) is 2.12. The van der Waals surface area contributed by atoms with Gasteiger partial charge in [0, 0.05) is 0 Å². The van der Waals surface area contributed by atoms with Gasteiger partial charge in [-0.25, -0.2) is 0 Å². The summed E-state index contributed by atoms with van der Waals surface area (Å²) in [6.45, 7) is 1.44. The van der Waals surface area contributed by atoms with E-state index in [0.29, 0.717) is 12.8 Å². The van der Waals surface area contributed by atoms with Crippen molar-refractivity contribution in [1.29, 1.82) is 0 Å². The molecule has 1 heterocycles. The minimum absolute atomic E-state index is 0.0356. The fourth-order valence-corrected chi connectivity index (χ4v) is 4.60. The summed E-state index contributed by atoms with van der Waals surface area (Å²) < 4.78 is 22.1. The van der Waals surface area contributed by atoms with Gasteiger partial charge in [0.2, 0.25) is 0 Å². The molecule has 0 spiro atoms. The maximum Gasteiger partial charge on any atom is 0.340 e. The average molecular weight is 273 g/mol. The molecule has 0 unspecified atom stereocenters. The highest BCUT2D eigenvalue weighted by Gasteiger charge is 2.44. The normalized spacial score (nSPS) is 20.3. The van der Waals surface area contributed by atoms with Gasteiger partial charge >= 0.3 is 15.2 Å². The first-order valence-electron chi connectivity index (χ1n) is 5.02. The molecule has 0 aromatic heterocycles. The molecule has 1 aliphatic heterocycles. The van der Waals surface area contributed by atoms with Gasteiger partial charge in [0.1, 0.15) is 0 Å². The van der Waals surface area contributed by atoms with Crippen LogP contribution in [0.4, 0.5) is 0 Å². The minimum Gasteiger partial charge on any atom is -0.324 e. The number of hydrogen-bond acceptors (Lipinski definition) is 3. The van der Waals surface area contributed by atoms with Crippen molar-refractivity contribution in [3.8, 4) is 0 Å². The minimum atomic E-state index is -4.75. The number of nitrogens with one attached hydrogen (secondary N) is 1. The highest BCUT2D eigenvalue weighted by Crippen LogP contribution is 2.62. The topological polar surface area (TPSA) is 127 Å². The summed E-state index contributed by atoms with van der Waals surface area (Å²) in [4.78, 5) is 35.8. The predicted molar refractivity (Wildman–Crippen MR) is 58.1 cm³/mol. The zero-order chi connectivity index (χ0) is 12.4. The molecular weight excluding hydrogens is 256 g/mol. The molecule has 16 heavy (non-hydrogen) atoms. The zero-order valence-corrected chi connectivity index (χ0v) is 10.5. The largest absolute Gasteiger partial charge is 0.340 e. The Morgan fingerprint density at radius 2 is 1.50 bits per heavy atom. The highest BCUT2D eigenvalue weighted by molar-refractivity contribution is 7.70. The van der Waals surface area contributed by atoms with E-state index in [1.165, 1.54) is 0 Å². The van der Waals surface area contributed by atoms with Crippen LogP contribution in [0.15, 0.2) is 0 Å². The Hall–Kier alpha value is 0.260. The van der Waals surface area contributed by atoms with Gasteiger partial charge in [-0.1, -0.05) is 0 Å². The van der Waals surface area contributed by atoms with Gasteiger partial charge in [-0.2, -0.15) is 0 Å². The van der Waals surface area contributed by atoms with Crippen molar-refractivity contribution < 1.29 is 28.7 Å². The monoisotopic (exact) mass is 273 g/mol. The first kappa shape index (κ1) is 14.3. The van der Waals surface area contributed by atoms with Crippen LogP contribution in [0, 0.1) is 5.92 Å². The van der Waals surface area contributed by atoms with E-state index in [9.17, 15) is 9.13 Å². The van der Waals surface area contributed by atoms with Crippen LogP contribution in [0.25, 0.3) is 0 Å². The molecular formula is C7H17NO6P2. The van der Waals surface area contributed by atoms with Gasteiger partial charge < -0.3 is 24.9 Å². The predicted octanol–water partition coefficient (Wildman–Crippen LogP) is 0.0576. The van der Waals surface area contributed by atoms with Gasteiger partial charge in [-0.15, -0.1) is 0 Å². The number of hydrogen-bond donors (Lipinski definition) is 5. The van der Waals surface area contributed by atoms with Crippen molar-refractivity contribution >= 4 is 15.2 Å². The third-order valence-electron chi connectivity index (χ3n) is 2.78.